The van der Waals surface area contributed by atoms with Gasteiger partial charge in [-0.05, 0) is 18.2 Å². The molecule has 0 N–H and O–H groups in total. The fourth-order valence-electron chi connectivity index (χ4n) is 3.14. The van der Waals surface area contributed by atoms with Gasteiger partial charge in [0.25, 0.3) is 11.5 Å². The molecule has 0 radical (unpaired) electrons. The molecule has 1 amide bonds. The Morgan fingerprint density at radius 1 is 1.18 bits per heavy atom. The van der Waals surface area contributed by atoms with Crippen molar-refractivity contribution in [1.29, 1.82) is 0 Å². The lowest BCUT2D eigenvalue weighted by molar-refractivity contribution is 0.0774. The molecule has 0 saturated carbocycles. The summed E-state index contributed by atoms with van der Waals surface area (Å²) in [6.45, 7) is 0.232. The number of pyridine rings is 2. The molecule has 0 atom stereocenters. The monoisotopic (exact) mass is 374 g/mol. The number of rotatable bonds is 4. The molecule has 1 aromatic carbocycles. The average Bonchev–Trinajstić information content (AvgIpc) is 3.19. The van der Waals surface area contributed by atoms with E-state index in [0.29, 0.717) is 22.5 Å². The fraction of sp³-hybridized carbons (Fsp3) is 0.143. The second-order valence-corrected chi connectivity index (χ2v) is 6.55. The first-order valence-corrected chi connectivity index (χ1v) is 8.75. The van der Waals surface area contributed by atoms with E-state index in [1.807, 2.05) is 36.4 Å². The van der Waals surface area contributed by atoms with E-state index in [1.165, 1.54) is 15.5 Å². The summed E-state index contributed by atoms with van der Waals surface area (Å²) in [5.41, 5.74) is 2.35. The molecule has 0 aliphatic carbocycles. The Kier molecular flexibility index (Phi) is 4.49. The van der Waals surface area contributed by atoms with E-state index in [4.69, 9.17) is 4.52 Å². The van der Waals surface area contributed by atoms with Crippen molar-refractivity contribution < 1.29 is 9.32 Å². The van der Waals surface area contributed by atoms with Crippen molar-refractivity contribution in [2.45, 2.75) is 6.54 Å². The second kappa shape index (κ2) is 7.11. The van der Waals surface area contributed by atoms with Crippen LogP contribution in [0.3, 0.4) is 0 Å². The van der Waals surface area contributed by atoms with Crippen LogP contribution < -0.4 is 5.56 Å². The minimum Gasteiger partial charge on any atom is -0.359 e. The number of hydrogen-bond acceptors (Lipinski definition) is 5. The van der Waals surface area contributed by atoms with Gasteiger partial charge in [0.1, 0.15) is 5.69 Å². The summed E-state index contributed by atoms with van der Waals surface area (Å²) in [6, 6.07) is 14.2. The number of fused-ring (bicyclic) bond motifs is 1. The van der Waals surface area contributed by atoms with Crippen LogP contribution in [0.25, 0.3) is 22.2 Å². The van der Waals surface area contributed by atoms with Crippen molar-refractivity contribution in [3.05, 3.63) is 82.6 Å². The lowest BCUT2D eigenvalue weighted by Gasteiger charge is -2.17. The molecule has 0 aliphatic heterocycles. The zero-order valence-electron chi connectivity index (χ0n) is 15.5. The molecular weight excluding hydrogens is 356 g/mol. The lowest BCUT2D eigenvalue weighted by Crippen LogP contribution is -2.28. The van der Waals surface area contributed by atoms with E-state index in [0.717, 1.165) is 10.9 Å². The van der Waals surface area contributed by atoms with Gasteiger partial charge in [-0.1, -0.05) is 23.4 Å². The third-order valence-electron chi connectivity index (χ3n) is 4.64. The lowest BCUT2D eigenvalue weighted by atomic mass is 10.1. The van der Waals surface area contributed by atoms with Crippen LogP contribution in [0.1, 0.15) is 16.1 Å². The van der Waals surface area contributed by atoms with Crippen LogP contribution in [0.15, 0.2) is 70.2 Å². The van der Waals surface area contributed by atoms with E-state index in [-0.39, 0.29) is 18.0 Å². The standard InChI is InChI=1S/C21H18N4O3/c1-24(13-15-10-18(23-28-15)14-6-5-9-22-12-14)21(27)17-11-20(26)25(2)19-8-4-3-7-16(17)19/h3-12H,13H2,1-2H3. The van der Waals surface area contributed by atoms with E-state index in [1.54, 1.807) is 32.6 Å². The maximum Gasteiger partial charge on any atom is 0.254 e. The predicted molar refractivity (Wildman–Crippen MR) is 105 cm³/mol. The topological polar surface area (TPSA) is 81.2 Å². The van der Waals surface area contributed by atoms with Crippen LogP contribution in [0.5, 0.6) is 0 Å². The molecule has 0 spiro atoms. The first-order chi connectivity index (χ1) is 13.5. The highest BCUT2D eigenvalue weighted by Gasteiger charge is 2.19. The molecule has 0 aliphatic rings. The molecule has 140 valence electrons. The molecule has 3 aromatic heterocycles. The number of amides is 1. The summed E-state index contributed by atoms with van der Waals surface area (Å²) in [7, 11) is 3.36. The number of nitrogens with zero attached hydrogens (tertiary/aromatic N) is 4. The summed E-state index contributed by atoms with van der Waals surface area (Å²) < 4.78 is 6.90. The molecule has 0 bridgehead atoms. The maximum atomic E-state index is 13.0. The average molecular weight is 374 g/mol. The largest absolute Gasteiger partial charge is 0.359 e. The number of carbonyl (C=O) groups is 1. The second-order valence-electron chi connectivity index (χ2n) is 6.55. The van der Waals surface area contributed by atoms with Crippen LogP contribution in [-0.2, 0) is 13.6 Å². The Bertz CT molecular complexity index is 1210. The van der Waals surface area contributed by atoms with Crippen LogP contribution in [0.4, 0.5) is 0 Å². The molecule has 4 rings (SSSR count). The van der Waals surface area contributed by atoms with Crippen molar-refractivity contribution in [2.24, 2.45) is 7.05 Å². The van der Waals surface area contributed by atoms with E-state index >= 15 is 0 Å². The van der Waals surface area contributed by atoms with Gasteiger partial charge >= 0.3 is 0 Å². The zero-order valence-corrected chi connectivity index (χ0v) is 15.5. The van der Waals surface area contributed by atoms with Gasteiger partial charge in [0.05, 0.1) is 17.6 Å². The summed E-state index contributed by atoms with van der Waals surface area (Å²) in [4.78, 5) is 30.8. The Morgan fingerprint density at radius 3 is 2.79 bits per heavy atom. The van der Waals surface area contributed by atoms with Gasteiger partial charge < -0.3 is 14.0 Å². The van der Waals surface area contributed by atoms with Crippen LogP contribution in [-0.4, -0.2) is 32.6 Å². The van der Waals surface area contributed by atoms with Crippen molar-refractivity contribution >= 4 is 16.8 Å². The van der Waals surface area contributed by atoms with Crippen molar-refractivity contribution in [2.75, 3.05) is 7.05 Å². The number of hydrogen-bond donors (Lipinski definition) is 0. The van der Waals surface area contributed by atoms with Gasteiger partial charge in [0, 0.05) is 49.6 Å². The smallest absolute Gasteiger partial charge is 0.254 e. The molecule has 0 fully saturated rings. The van der Waals surface area contributed by atoms with Crippen molar-refractivity contribution in [1.82, 2.24) is 19.6 Å². The normalized spacial score (nSPS) is 10.9. The molecule has 0 saturated heterocycles. The Balaban J connectivity index is 1.62. The number of para-hydroxylation sites is 1. The molecule has 0 unspecified atom stereocenters. The minimum atomic E-state index is -0.256. The predicted octanol–water partition coefficient (Wildman–Crippen LogP) is 2.86. The first kappa shape index (κ1) is 17.7. The number of benzene rings is 1. The molecule has 7 nitrogen and oxygen atoms in total. The molecular formula is C21H18N4O3. The zero-order chi connectivity index (χ0) is 19.7. The van der Waals surface area contributed by atoms with Crippen LogP contribution in [0.2, 0.25) is 0 Å². The van der Waals surface area contributed by atoms with Gasteiger partial charge in [-0.3, -0.25) is 14.6 Å². The summed E-state index contributed by atoms with van der Waals surface area (Å²) in [5.74, 6) is 0.288. The Labute approximate surface area is 160 Å². The van der Waals surface area contributed by atoms with Gasteiger partial charge in [0.15, 0.2) is 5.76 Å². The fourth-order valence-corrected chi connectivity index (χ4v) is 3.14. The van der Waals surface area contributed by atoms with Gasteiger partial charge in [-0.2, -0.15) is 0 Å². The Morgan fingerprint density at radius 2 is 2.00 bits per heavy atom. The SMILES string of the molecule is CN(Cc1cc(-c2cccnc2)no1)C(=O)c1cc(=O)n(C)c2ccccc12. The molecule has 4 aromatic rings. The van der Waals surface area contributed by atoms with E-state index in [2.05, 4.69) is 10.1 Å². The maximum absolute atomic E-state index is 13.0. The minimum absolute atomic E-state index is 0.228. The molecule has 7 heteroatoms. The highest BCUT2D eigenvalue weighted by Crippen LogP contribution is 2.21. The number of aromatic nitrogens is 3. The van der Waals surface area contributed by atoms with E-state index in [9.17, 15) is 9.59 Å². The molecule has 3 heterocycles. The van der Waals surface area contributed by atoms with Gasteiger partial charge in [-0.15, -0.1) is 0 Å². The van der Waals surface area contributed by atoms with Crippen LogP contribution >= 0.6 is 0 Å². The van der Waals surface area contributed by atoms with Crippen molar-refractivity contribution in [3.8, 4) is 11.3 Å². The number of carbonyl (C=O) groups excluding carboxylic acids is 1. The molecule has 28 heavy (non-hydrogen) atoms. The highest BCUT2D eigenvalue weighted by atomic mass is 16.5. The first-order valence-electron chi connectivity index (χ1n) is 8.75. The Hall–Kier alpha value is -3.74. The summed E-state index contributed by atoms with van der Waals surface area (Å²) >= 11 is 0. The van der Waals surface area contributed by atoms with Crippen LogP contribution in [0, 0.1) is 0 Å². The third-order valence-corrected chi connectivity index (χ3v) is 4.64. The third kappa shape index (κ3) is 3.18. The highest BCUT2D eigenvalue weighted by molar-refractivity contribution is 6.05. The van der Waals surface area contributed by atoms with Gasteiger partial charge in [0.2, 0.25) is 0 Å². The summed E-state index contributed by atoms with van der Waals surface area (Å²) in [5, 5.41) is 4.77. The number of aryl methyl sites for hydroxylation is 1. The van der Waals surface area contributed by atoms with Crippen molar-refractivity contribution in [3.63, 3.8) is 0 Å². The summed E-state index contributed by atoms with van der Waals surface area (Å²) in [6.07, 6.45) is 3.38. The van der Waals surface area contributed by atoms with Gasteiger partial charge in [-0.25, -0.2) is 0 Å². The van der Waals surface area contributed by atoms with E-state index < -0.39 is 0 Å². The quantitative estimate of drug-likeness (QED) is 0.549.